The van der Waals surface area contributed by atoms with Crippen molar-refractivity contribution in [3.8, 4) is 11.5 Å². The first kappa shape index (κ1) is 16.0. The largest absolute Gasteiger partial charge is 0.494 e. The molecular formula is C17H27NO3. The summed E-state index contributed by atoms with van der Waals surface area (Å²) in [5.41, 5.74) is 1.01. The minimum absolute atomic E-state index is 0.289. The number of hydrogen-bond donors (Lipinski definition) is 1. The van der Waals surface area contributed by atoms with Crippen molar-refractivity contribution in [3.05, 3.63) is 18.2 Å². The number of nitrogens with one attached hydrogen (secondary N) is 1. The molecule has 2 rings (SSSR count). The monoisotopic (exact) mass is 293 g/mol. The van der Waals surface area contributed by atoms with E-state index in [1.165, 1.54) is 0 Å². The van der Waals surface area contributed by atoms with Gasteiger partial charge in [-0.1, -0.05) is 0 Å². The highest BCUT2D eigenvalue weighted by Gasteiger charge is 2.25. The Morgan fingerprint density at radius 1 is 1.10 bits per heavy atom. The molecule has 118 valence electrons. The second-order valence-corrected chi connectivity index (χ2v) is 5.59. The van der Waals surface area contributed by atoms with Gasteiger partial charge in [0.1, 0.15) is 11.5 Å². The Bertz CT molecular complexity index is 440. The molecule has 2 atom stereocenters. The maximum absolute atomic E-state index is 5.80. The maximum Gasteiger partial charge on any atom is 0.142 e. The Labute approximate surface area is 127 Å². The maximum atomic E-state index is 5.80. The van der Waals surface area contributed by atoms with Crippen molar-refractivity contribution in [2.45, 2.75) is 58.8 Å². The minimum atomic E-state index is 0.289. The third kappa shape index (κ3) is 4.53. The van der Waals surface area contributed by atoms with Crippen LogP contribution >= 0.6 is 0 Å². The molecular weight excluding hydrogens is 266 g/mol. The van der Waals surface area contributed by atoms with Gasteiger partial charge >= 0.3 is 0 Å². The summed E-state index contributed by atoms with van der Waals surface area (Å²) in [4.78, 5) is 0. The zero-order valence-corrected chi connectivity index (χ0v) is 13.5. The van der Waals surface area contributed by atoms with Gasteiger partial charge in [-0.15, -0.1) is 0 Å². The fourth-order valence-corrected chi connectivity index (χ4v) is 2.90. The van der Waals surface area contributed by atoms with Crippen molar-refractivity contribution < 1.29 is 14.2 Å². The Balaban J connectivity index is 2.13. The van der Waals surface area contributed by atoms with E-state index in [-0.39, 0.29) is 12.2 Å². The van der Waals surface area contributed by atoms with Crippen molar-refractivity contribution in [3.63, 3.8) is 0 Å². The van der Waals surface area contributed by atoms with Gasteiger partial charge in [0.25, 0.3) is 0 Å². The van der Waals surface area contributed by atoms with E-state index in [9.17, 15) is 0 Å². The standard InChI is InChI=1S/C17H27NO3/c1-5-19-15-7-8-17(20-6-2)16(11-15)18-14-9-12(3)21-13(4)10-14/h7-8,11-14,18H,5-6,9-10H2,1-4H3. The third-order valence-electron chi connectivity index (χ3n) is 3.62. The summed E-state index contributed by atoms with van der Waals surface area (Å²) in [5, 5.41) is 3.61. The van der Waals surface area contributed by atoms with Gasteiger partial charge in [-0.2, -0.15) is 0 Å². The number of rotatable bonds is 6. The Kier molecular flexibility index (Phi) is 5.74. The highest BCUT2D eigenvalue weighted by atomic mass is 16.5. The highest BCUT2D eigenvalue weighted by molar-refractivity contribution is 5.60. The average Bonchev–Trinajstić information content (AvgIpc) is 2.41. The van der Waals surface area contributed by atoms with E-state index >= 15 is 0 Å². The zero-order chi connectivity index (χ0) is 15.2. The van der Waals surface area contributed by atoms with Gasteiger partial charge < -0.3 is 19.5 Å². The molecule has 1 aliphatic heterocycles. The summed E-state index contributed by atoms with van der Waals surface area (Å²) >= 11 is 0. The van der Waals surface area contributed by atoms with Crippen LogP contribution in [0.5, 0.6) is 11.5 Å². The van der Waals surface area contributed by atoms with Crippen molar-refractivity contribution >= 4 is 5.69 Å². The van der Waals surface area contributed by atoms with E-state index in [4.69, 9.17) is 14.2 Å². The van der Waals surface area contributed by atoms with E-state index < -0.39 is 0 Å². The molecule has 1 saturated heterocycles. The molecule has 2 unspecified atom stereocenters. The molecule has 1 fully saturated rings. The van der Waals surface area contributed by atoms with Crippen LogP contribution < -0.4 is 14.8 Å². The van der Waals surface area contributed by atoms with Gasteiger partial charge in [-0.3, -0.25) is 0 Å². The molecule has 0 aliphatic carbocycles. The van der Waals surface area contributed by atoms with Crippen LogP contribution in [0.15, 0.2) is 18.2 Å². The second kappa shape index (κ2) is 7.55. The fourth-order valence-electron chi connectivity index (χ4n) is 2.90. The first-order valence-electron chi connectivity index (χ1n) is 7.94. The first-order valence-corrected chi connectivity index (χ1v) is 7.94. The predicted octanol–water partition coefficient (Wildman–Crippen LogP) is 3.85. The zero-order valence-electron chi connectivity index (χ0n) is 13.5. The van der Waals surface area contributed by atoms with Crippen LogP contribution in [0.3, 0.4) is 0 Å². The topological polar surface area (TPSA) is 39.7 Å². The van der Waals surface area contributed by atoms with Crippen LogP contribution in [-0.4, -0.2) is 31.5 Å². The number of hydrogen-bond acceptors (Lipinski definition) is 4. The molecule has 1 aliphatic rings. The average molecular weight is 293 g/mol. The highest BCUT2D eigenvalue weighted by Crippen LogP contribution is 2.32. The SMILES string of the molecule is CCOc1ccc(OCC)c(NC2CC(C)OC(C)C2)c1. The molecule has 4 nitrogen and oxygen atoms in total. The summed E-state index contributed by atoms with van der Waals surface area (Å²) in [5.74, 6) is 1.75. The van der Waals surface area contributed by atoms with E-state index in [1.807, 2.05) is 32.0 Å². The lowest BCUT2D eigenvalue weighted by Gasteiger charge is -2.33. The Morgan fingerprint density at radius 3 is 2.38 bits per heavy atom. The van der Waals surface area contributed by atoms with E-state index in [0.717, 1.165) is 30.0 Å². The predicted molar refractivity (Wildman–Crippen MR) is 85.4 cm³/mol. The third-order valence-corrected chi connectivity index (χ3v) is 3.62. The quantitative estimate of drug-likeness (QED) is 0.864. The molecule has 0 aromatic heterocycles. The van der Waals surface area contributed by atoms with Crippen LogP contribution in [0.4, 0.5) is 5.69 Å². The van der Waals surface area contributed by atoms with Crippen molar-refractivity contribution in [1.82, 2.24) is 0 Å². The fraction of sp³-hybridized carbons (Fsp3) is 0.647. The summed E-state index contributed by atoms with van der Waals surface area (Å²) < 4.78 is 17.1. The normalized spacial score (nSPS) is 25.4. The minimum Gasteiger partial charge on any atom is -0.494 e. The number of anilines is 1. The lowest BCUT2D eigenvalue weighted by Crippen LogP contribution is -2.37. The summed E-state index contributed by atoms with van der Waals surface area (Å²) in [7, 11) is 0. The van der Waals surface area contributed by atoms with Gasteiger partial charge in [0.2, 0.25) is 0 Å². The first-order chi connectivity index (χ1) is 10.1. The molecule has 1 N–H and O–H groups in total. The molecule has 1 heterocycles. The van der Waals surface area contributed by atoms with Gasteiger partial charge in [0.05, 0.1) is 31.1 Å². The second-order valence-electron chi connectivity index (χ2n) is 5.59. The van der Waals surface area contributed by atoms with Crippen LogP contribution in [0.2, 0.25) is 0 Å². The van der Waals surface area contributed by atoms with Gasteiger partial charge in [0.15, 0.2) is 0 Å². The van der Waals surface area contributed by atoms with Crippen LogP contribution in [0.25, 0.3) is 0 Å². The molecule has 21 heavy (non-hydrogen) atoms. The molecule has 0 saturated carbocycles. The van der Waals surface area contributed by atoms with E-state index in [0.29, 0.717) is 19.3 Å². The molecule has 0 radical (unpaired) electrons. The molecule has 1 aromatic carbocycles. The summed E-state index contributed by atoms with van der Waals surface area (Å²) in [6.07, 6.45) is 2.59. The van der Waals surface area contributed by atoms with Crippen molar-refractivity contribution in [2.75, 3.05) is 18.5 Å². The Morgan fingerprint density at radius 2 is 1.76 bits per heavy atom. The summed E-state index contributed by atoms with van der Waals surface area (Å²) in [6.45, 7) is 9.57. The lowest BCUT2D eigenvalue weighted by atomic mass is 9.99. The lowest BCUT2D eigenvalue weighted by molar-refractivity contribution is -0.0338. The van der Waals surface area contributed by atoms with Gasteiger partial charge in [0, 0.05) is 12.1 Å². The molecule has 0 bridgehead atoms. The van der Waals surface area contributed by atoms with Gasteiger partial charge in [-0.25, -0.2) is 0 Å². The smallest absolute Gasteiger partial charge is 0.142 e. The molecule has 0 amide bonds. The number of ether oxygens (including phenoxy) is 3. The Hall–Kier alpha value is -1.42. The van der Waals surface area contributed by atoms with E-state index in [1.54, 1.807) is 0 Å². The van der Waals surface area contributed by atoms with Crippen molar-refractivity contribution in [1.29, 1.82) is 0 Å². The van der Waals surface area contributed by atoms with Crippen LogP contribution in [0.1, 0.15) is 40.5 Å². The molecule has 1 aromatic rings. The molecule has 4 heteroatoms. The van der Waals surface area contributed by atoms with E-state index in [2.05, 4.69) is 19.2 Å². The van der Waals surface area contributed by atoms with Gasteiger partial charge in [-0.05, 0) is 52.7 Å². The molecule has 0 spiro atoms. The van der Waals surface area contributed by atoms with Crippen molar-refractivity contribution in [2.24, 2.45) is 0 Å². The number of benzene rings is 1. The van der Waals surface area contributed by atoms with Crippen LogP contribution in [0, 0.1) is 0 Å². The summed E-state index contributed by atoms with van der Waals surface area (Å²) in [6, 6.07) is 6.36. The van der Waals surface area contributed by atoms with Crippen LogP contribution in [-0.2, 0) is 4.74 Å².